The van der Waals surface area contributed by atoms with Crippen LogP contribution in [0.25, 0.3) is 0 Å². The monoisotopic (exact) mass is 471 g/mol. The zero-order chi connectivity index (χ0) is 24.5. The molecule has 0 bridgehead atoms. The summed E-state index contributed by atoms with van der Waals surface area (Å²) < 4.78 is 16.1. The summed E-state index contributed by atoms with van der Waals surface area (Å²) in [4.78, 5) is 13.3. The van der Waals surface area contributed by atoms with E-state index in [9.17, 15) is 0 Å². The molecule has 0 fully saturated rings. The molecular weight excluding hydrogens is 446 g/mol. The van der Waals surface area contributed by atoms with Crippen LogP contribution >= 0.6 is 0 Å². The molecule has 0 saturated heterocycles. The number of hydrogen-bond acceptors (Lipinski definition) is 10. The van der Waals surface area contributed by atoms with E-state index in [1.807, 2.05) is 60.7 Å². The zero-order valence-corrected chi connectivity index (χ0v) is 19.5. The fourth-order valence-electron chi connectivity index (χ4n) is 3.18. The Labute approximate surface area is 203 Å². The molecule has 0 saturated carbocycles. The van der Waals surface area contributed by atoms with Gasteiger partial charge in [0.2, 0.25) is 23.6 Å². The van der Waals surface area contributed by atoms with Gasteiger partial charge in [0.1, 0.15) is 0 Å². The molecule has 1 heterocycles. The van der Waals surface area contributed by atoms with Crippen LogP contribution in [0, 0.1) is 0 Å². The molecule has 0 spiro atoms. The van der Waals surface area contributed by atoms with Crippen molar-refractivity contribution in [3.05, 3.63) is 78.4 Å². The first-order chi connectivity index (χ1) is 17.2. The first-order valence-electron chi connectivity index (χ1n) is 10.7. The van der Waals surface area contributed by atoms with E-state index in [1.54, 1.807) is 39.7 Å². The first kappa shape index (κ1) is 23.3. The van der Waals surface area contributed by atoms with E-state index in [-0.39, 0.29) is 5.95 Å². The molecule has 0 aliphatic heterocycles. The summed E-state index contributed by atoms with van der Waals surface area (Å²) in [5.74, 6) is 2.52. The first-order valence-corrected chi connectivity index (χ1v) is 10.7. The van der Waals surface area contributed by atoms with Crippen LogP contribution in [-0.2, 0) is 0 Å². The summed E-state index contributed by atoms with van der Waals surface area (Å²) >= 11 is 0. The Kier molecular flexibility index (Phi) is 7.54. The lowest BCUT2D eigenvalue weighted by atomic mass is 10.2. The molecule has 178 valence electrons. The topological polar surface area (TPSA) is 115 Å². The van der Waals surface area contributed by atoms with Crippen LogP contribution in [0.5, 0.6) is 17.2 Å². The van der Waals surface area contributed by atoms with Crippen LogP contribution in [0.2, 0.25) is 0 Å². The molecule has 0 unspecified atom stereocenters. The van der Waals surface area contributed by atoms with Gasteiger partial charge in [-0.25, -0.2) is 5.43 Å². The average molecular weight is 472 g/mol. The molecule has 0 aliphatic carbocycles. The second-order valence-corrected chi connectivity index (χ2v) is 7.12. The van der Waals surface area contributed by atoms with Gasteiger partial charge in [-0.05, 0) is 36.4 Å². The van der Waals surface area contributed by atoms with Crippen molar-refractivity contribution in [1.29, 1.82) is 0 Å². The average Bonchev–Trinajstić information content (AvgIpc) is 2.89. The van der Waals surface area contributed by atoms with Crippen LogP contribution < -0.4 is 30.3 Å². The van der Waals surface area contributed by atoms with Crippen molar-refractivity contribution in [2.75, 3.05) is 37.4 Å². The van der Waals surface area contributed by atoms with E-state index in [4.69, 9.17) is 14.2 Å². The number of nitrogens with one attached hydrogen (secondary N) is 3. The molecule has 3 N–H and O–H groups in total. The molecule has 0 atom stereocenters. The highest BCUT2D eigenvalue weighted by atomic mass is 16.5. The van der Waals surface area contributed by atoms with Gasteiger partial charge in [-0.15, -0.1) is 0 Å². The van der Waals surface area contributed by atoms with Gasteiger partial charge in [-0.3, -0.25) is 0 Å². The lowest BCUT2D eigenvalue weighted by Crippen LogP contribution is -2.07. The lowest BCUT2D eigenvalue weighted by Gasteiger charge is -2.12. The van der Waals surface area contributed by atoms with Gasteiger partial charge in [0.05, 0.1) is 27.5 Å². The number of ether oxygens (including phenoxy) is 3. The number of methoxy groups -OCH3 is 3. The van der Waals surface area contributed by atoms with Crippen LogP contribution in [0.1, 0.15) is 5.56 Å². The van der Waals surface area contributed by atoms with Crippen LogP contribution in [0.4, 0.5) is 29.2 Å². The molecule has 1 aromatic heterocycles. The Morgan fingerprint density at radius 2 is 1.14 bits per heavy atom. The van der Waals surface area contributed by atoms with Crippen molar-refractivity contribution >= 4 is 35.4 Å². The fraction of sp³-hybridized carbons (Fsp3) is 0.120. The second-order valence-electron chi connectivity index (χ2n) is 7.12. The quantitative estimate of drug-likeness (QED) is 0.221. The van der Waals surface area contributed by atoms with Crippen molar-refractivity contribution in [2.24, 2.45) is 5.10 Å². The Morgan fingerprint density at radius 3 is 1.60 bits per heavy atom. The number of rotatable bonds is 10. The van der Waals surface area contributed by atoms with E-state index in [1.165, 1.54) is 0 Å². The largest absolute Gasteiger partial charge is 0.493 e. The number of para-hydroxylation sites is 2. The number of hydrazone groups is 1. The van der Waals surface area contributed by atoms with Gasteiger partial charge in [-0.2, -0.15) is 20.1 Å². The summed E-state index contributed by atoms with van der Waals surface area (Å²) in [7, 11) is 4.67. The Morgan fingerprint density at radius 1 is 0.657 bits per heavy atom. The highest BCUT2D eigenvalue weighted by Gasteiger charge is 2.12. The summed E-state index contributed by atoms with van der Waals surface area (Å²) in [6.45, 7) is 0. The standard InChI is InChI=1S/C25H25N7O3/c1-33-20-14-17(15-21(34-2)22(20)35-3)16-26-32-25-30-23(27-18-10-6-4-7-11-18)29-24(31-25)28-19-12-8-5-9-13-19/h4-16H,1-3H3,(H3,27,28,29,30,31,32)/b26-16-. The lowest BCUT2D eigenvalue weighted by molar-refractivity contribution is 0.324. The highest BCUT2D eigenvalue weighted by Crippen LogP contribution is 2.37. The minimum atomic E-state index is 0.251. The smallest absolute Gasteiger partial charge is 0.250 e. The van der Waals surface area contributed by atoms with Crippen molar-refractivity contribution in [3.63, 3.8) is 0 Å². The molecule has 35 heavy (non-hydrogen) atoms. The van der Waals surface area contributed by atoms with Gasteiger partial charge >= 0.3 is 0 Å². The zero-order valence-electron chi connectivity index (χ0n) is 19.5. The molecule has 10 nitrogen and oxygen atoms in total. The van der Waals surface area contributed by atoms with E-state index in [0.717, 1.165) is 16.9 Å². The maximum atomic E-state index is 5.39. The van der Waals surface area contributed by atoms with Crippen LogP contribution in [0.3, 0.4) is 0 Å². The summed E-state index contributed by atoms with van der Waals surface area (Å²) in [6.07, 6.45) is 1.60. The third-order valence-electron chi connectivity index (χ3n) is 4.76. The van der Waals surface area contributed by atoms with Crippen LogP contribution in [-0.4, -0.2) is 42.5 Å². The molecule has 3 aromatic carbocycles. The number of benzene rings is 3. The predicted molar refractivity (Wildman–Crippen MR) is 137 cm³/mol. The molecule has 10 heteroatoms. The maximum absolute atomic E-state index is 5.39. The van der Waals surface area contributed by atoms with Gasteiger partial charge in [0, 0.05) is 16.9 Å². The van der Waals surface area contributed by atoms with Crippen molar-refractivity contribution in [3.8, 4) is 17.2 Å². The highest BCUT2D eigenvalue weighted by molar-refractivity contribution is 5.83. The molecule has 0 radical (unpaired) electrons. The van der Waals surface area contributed by atoms with E-state index >= 15 is 0 Å². The number of hydrogen-bond donors (Lipinski definition) is 3. The second kappa shape index (κ2) is 11.3. The van der Waals surface area contributed by atoms with Crippen LogP contribution in [0.15, 0.2) is 77.9 Å². The molecule has 4 aromatic rings. The van der Waals surface area contributed by atoms with Crippen molar-refractivity contribution in [1.82, 2.24) is 15.0 Å². The number of aromatic nitrogens is 3. The third-order valence-corrected chi connectivity index (χ3v) is 4.76. The Hall–Kier alpha value is -4.86. The summed E-state index contributed by atoms with van der Waals surface area (Å²) in [6, 6.07) is 22.8. The van der Waals surface area contributed by atoms with Gasteiger partial charge in [-0.1, -0.05) is 36.4 Å². The van der Waals surface area contributed by atoms with Crippen molar-refractivity contribution < 1.29 is 14.2 Å². The number of anilines is 5. The fourth-order valence-corrected chi connectivity index (χ4v) is 3.18. The summed E-state index contributed by atoms with van der Waals surface area (Å²) in [5, 5.41) is 10.6. The maximum Gasteiger partial charge on any atom is 0.250 e. The van der Waals surface area contributed by atoms with E-state index in [0.29, 0.717) is 29.1 Å². The third kappa shape index (κ3) is 6.14. The van der Waals surface area contributed by atoms with Crippen molar-refractivity contribution in [2.45, 2.75) is 0 Å². The van der Waals surface area contributed by atoms with Gasteiger partial charge < -0.3 is 24.8 Å². The summed E-state index contributed by atoms with van der Waals surface area (Å²) in [5.41, 5.74) is 5.28. The molecule has 0 aliphatic rings. The van der Waals surface area contributed by atoms with E-state index < -0.39 is 0 Å². The number of nitrogens with zero attached hydrogens (tertiary/aromatic N) is 4. The van der Waals surface area contributed by atoms with Gasteiger partial charge in [0.25, 0.3) is 0 Å². The Bertz CT molecular complexity index is 1200. The minimum Gasteiger partial charge on any atom is -0.493 e. The molecular formula is C25H25N7O3. The predicted octanol–water partition coefficient (Wildman–Crippen LogP) is 4.83. The molecule has 0 amide bonds. The Balaban J connectivity index is 1.59. The minimum absolute atomic E-state index is 0.251. The normalized spacial score (nSPS) is 10.6. The molecule has 4 rings (SSSR count). The SMILES string of the molecule is COc1cc(/C=N\Nc2nc(Nc3ccccc3)nc(Nc3ccccc3)n2)cc(OC)c1OC. The van der Waals surface area contributed by atoms with E-state index in [2.05, 4.69) is 36.1 Å². The van der Waals surface area contributed by atoms with Gasteiger partial charge in [0.15, 0.2) is 11.5 Å².